The summed E-state index contributed by atoms with van der Waals surface area (Å²) in [5.74, 6) is 0.875. The molecule has 2 unspecified atom stereocenters. The van der Waals surface area contributed by atoms with Crippen LogP contribution in [0.1, 0.15) is 49.4 Å². The molecule has 1 aliphatic carbocycles. The van der Waals surface area contributed by atoms with E-state index in [1.54, 1.807) is 0 Å². The van der Waals surface area contributed by atoms with Crippen molar-refractivity contribution in [1.29, 1.82) is 0 Å². The van der Waals surface area contributed by atoms with Crippen LogP contribution in [-0.4, -0.2) is 11.5 Å². The molecule has 0 aromatic heterocycles. The second kappa shape index (κ2) is 6.25. The van der Waals surface area contributed by atoms with Crippen molar-refractivity contribution in [2.45, 2.75) is 49.2 Å². The van der Waals surface area contributed by atoms with Gasteiger partial charge in [-0.1, -0.05) is 38.3 Å². The van der Waals surface area contributed by atoms with Crippen LogP contribution >= 0.6 is 11.8 Å². The summed E-state index contributed by atoms with van der Waals surface area (Å²) >= 11 is 2.00. The van der Waals surface area contributed by atoms with Gasteiger partial charge >= 0.3 is 0 Å². The number of hydrogen-bond acceptors (Lipinski definition) is 2. The Bertz CT molecular complexity index is 358. The third kappa shape index (κ3) is 3.35. The van der Waals surface area contributed by atoms with Crippen molar-refractivity contribution in [2.75, 3.05) is 0 Å². The zero-order chi connectivity index (χ0) is 12.1. The fraction of sp³-hybridized carbons (Fsp3) is 0.533. The highest BCUT2D eigenvalue weighted by atomic mass is 32.2. The maximum atomic E-state index is 10.6. The Kier molecular flexibility index (Phi) is 4.66. The summed E-state index contributed by atoms with van der Waals surface area (Å²) in [5.41, 5.74) is 0.769. The summed E-state index contributed by atoms with van der Waals surface area (Å²) in [7, 11) is 0. The summed E-state index contributed by atoms with van der Waals surface area (Å²) in [6, 6.07) is 7.99. The van der Waals surface area contributed by atoms with Crippen LogP contribution in [0.3, 0.4) is 0 Å². The Hall–Kier alpha value is -0.760. The molecule has 17 heavy (non-hydrogen) atoms. The summed E-state index contributed by atoms with van der Waals surface area (Å²) in [5, 5.41) is 0.774. The predicted molar refractivity (Wildman–Crippen MR) is 73.7 cm³/mol. The Morgan fingerprint density at radius 1 is 1.24 bits per heavy atom. The van der Waals surface area contributed by atoms with Crippen LogP contribution in [0.5, 0.6) is 0 Å². The highest BCUT2D eigenvalue weighted by molar-refractivity contribution is 8.00. The van der Waals surface area contributed by atoms with Gasteiger partial charge in [0, 0.05) is 15.7 Å². The number of aldehydes is 1. The fourth-order valence-electron chi connectivity index (χ4n) is 2.60. The normalized spacial score (nSPS) is 24.5. The highest BCUT2D eigenvalue weighted by Gasteiger charge is 2.24. The molecule has 1 fully saturated rings. The van der Waals surface area contributed by atoms with E-state index in [-0.39, 0.29) is 0 Å². The van der Waals surface area contributed by atoms with Gasteiger partial charge in [0.15, 0.2) is 0 Å². The number of rotatable bonds is 4. The molecule has 0 aliphatic heterocycles. The molecule has 1 nitrogen and oxygen atoms in total. The molecule has 0 N–H and O–H groups in total. The lowest BCUT2D eigenvalue weighted by atomic mass is 9.87. The largest absolute Gasteiger partial charge is 0.298 e. The van der Waals surface area contributed by atoms with Crippen molar-refractivity contribution in [3.8, 4) is 0 Å². The first-order valence-electron chi connectivity index (χ1n) is 6.55. The van der Waals surface area contributed by atoms with Crippen LogP contribution in [0.25, 0.3) is 0 Å². The SMILES string of the molecule is CCC1CCCCC1Sc1ccc(C=O)cc1. The van der Waals surface area contributed by atoms with Gasteiger partial charge in [-0.05, 0) is 30.9 Å². The summed E-state index contributed by atoms with van der Waals surface area (Å²) in [6.45, 7) is 2.30. The molecule has 2 heteroatoms. The molecule has 0 radical (unpaired) electrons. The molecule has 0 spiro atoms. The van der Waals surface area contributed by atoms with Crippen molar-refractivity contribution in [2.24, 2.45) is 5.92 Å². The summed E-state index contributed by atoms with van der Waals surface area (Å²) < 4.78 is 0. The minimum absolute atomic E-state index is 0.769. The van der Waals surface area contributed by atoms with E-state index >= 15 is 0 Å². The van der Waals surface area contributed by atoms with Gasteiger partial charge in [-0.15, -0.1) is 11.8 Å². The van der Waals surface area contributed by atoms with Crippen molar-refractivity contribution in [3.05, 3.63) is 29.8 Å². The monoisotopic (exact) mass is 248 g/mol. The van der Waals surface area contributed by atoms with Crippen LogP contribution in [0.4, 0.5) is 0 Å². The molecule has 1 aromatic rings. The summed E-state index contributed by atoms with van der Waals surface area (Å²) in [4.78, 5) is 11.9. The number of carbonyl (C=O) groups is 1. The van der Waals surface area contributed by atoms with E-state index in [4.69, 9.17) is 0 Å². The lowest BCUT2D eigenvalue weighted by Crippen LogP contribution is -2.20. The molecular formula is C15H20OS. The van der Waals surface area contributed by atoms with Crippen LogP contribution in [0.2, 0.25) is 0 Å². The molecule has 92 valence electrons. The molecule has 0 amide bonds. The van der Waals surface area contributed by atoms with Gasteiger partial charge < -0.3 is 0 Å². The minimum atomic E-state index is 0.769. The lowest BCUT2D eigenvalue weighted by Gasteiger charge is -2.30. The first kappa shape index (κ1) is 12.7. The van der Waals surface area contributed by atoms with Crippen LogP contribution in [0.15, 0.2) is 29.2 Å². The average Bonchev–Trinajstić information content (AvgIpc) is 2.40. The van der Waals surface area contributed by atoms with E-state index in [1.807, 2.05) is 23.9 Å². The van der Waals surface area contributed by atoms with E-state index < -0.39 is 0 Å². The molecular weight excluding hydrogens is 228 g/mol. The maximum absolute atomic E-state index is 10.6. The third-order valence-corrected chi connectivity index (χ3v) is 5.14. The van der Waals surface area contributed by atoms with Gasteiger partial charge in [0.05, 0.1) is 0 Å². The molecule has 1 aliphatic rings. The van der Waals surface area contributed by atoms with E-state index in [1.165, 1.54) is 37.0 Å². The quantitative estimate of drug-likeness (QED) is 0.727. The number of benzene rings is 1. The number of carbonyl (C=O) groups excluding carboxylic acids is 1. The van der Waals surface area contributed by atoms with Crippen LogP contribution < -0.4 is 0 Å². The van der Waals surface area contributed by atoms with Crippen molar-refractivity contribution < 1.29 is 4.79 Å². The van der Waals surface area contributed by atoms with Crippen molar-refractivity contribution >= 4 is 18.0 Å². The van der Waals surface area contributed by atoms with Crippen LogP contribution in [0, 0.1) is 5.92 Å². The van der Waals surface area contributed by atoms with Gasteiger partial charge in [0.2, 0.25) is 0 Å². The van der Waals surface area contributed by atoms with Gasteiger partial charge in [0.25, 0.3) is 0 Å². The average molecular weight is 248 g/mol. The van der Waals surface area contributed by atoms with E-state index in [0.29, 0.717) is 0 Å². The molecule has 0 heterocycles. The van der Waals surface area contributed by atoms with Gasteiger partial charge in [0.1, 0.15) is 6.29 Å². The molecule has 0 saturated heterocycles. The second-order valence-corrected chi connectivity index (χ2v) is 6.11. The van der Waals surface area contributed by atoms with Crippen molar-refractivity contribution in [1.82, 2.24) is 0 Å². The van der Waals surface area contributed by atoms with E-state index in [9.17, 15) is 4.79 Å². The number of hydrogen-bond donors (Lipinski definition) is 0. The first-order valence-corrected chi connectivity index (χ1v) is 7.43. The zero-order valence-corrected chi connectivity index (χ0v) is 11.2. The second-order valence-electron chi connectivity index (χ2n) is 4.80. The first-order chi connectivity index (χ1) is 8.33. The Labute approximate surface area is 108 Å². The fourth-order valence-corrected chi connectivity index (χ4v) is 4.04. The van der Waals surface area contributed by atoms with Crippen molar-refractivity contribution in [3.63, 3.8) is 0 Å². The van der Waals surface area contributed by atoms with Gasteiger partial charge in [-0.2, -0.15) is 0 Å². The Morgan fingerprint density at radius 3 is 2.59 bits per heavy atom. The highest BCUT2D eigenvalue weighted by Crippen LogP contribution is 2.38. The smallest absolute Gasteiger partial charge is 0.150 e. The molecule has 1 aromatic carbocycles. The predicted octanol–water partition coefficient (Wildman–Crippen LogP) is 4.56. The summed E-state index contributed by atoms with van der Waals surface area (Å²) in [6.07, 6.45) is 7.72. The molecule has 0 bridgehead atoms. The van der Waals surface area contributed by atoms with E-state index in [2.05, 4.69) is 19.1 Å². The Morgan fingerprint density at radius 2 is 1.94 bits per heavy atom. The third-order valence-electron chi connectivity index (χ3n) is 3.67. The zero-order valence-electron chi connectivity index (χ0n) is 10.4. The minimum Gasteiger partial charge on any atom is -0.298 e. The topological polar surface area (TPSA) is 17.1 Å². The maximum Gasteiger partial charge on any atom is 0.150 e. The Balaban J connectivity index is 2.00. The van der Waals surface area contributed by atoms with Gasteiger partial charge in [-0.3, -0.25) is 4.79 Å². The number of thioether (sulfide) groups is 1. The standard InChI is InChI=1S/C15H20OS/c1-2-13-5-3-4-6-15(13)17-14-9-7-12(11-16)8-10-14/h7-11,13,15H,2-6H2,1H3. The van der Waals surface area contributed by atoms with Crippen LogP contribution in [-0.2, 0) is 0 Å². The molecule has 2 atom stereocenters. The van der Waals surface area contributed by atoms with E-state index in [0.717, 1.165) is 23.0 Å². The molecule has 1 saturated carbocycles. The molecule has 2 rings (SSSR count). The lowest BCUT2D eigenvalue weighted by molar-refractivity contribution is 0.112. The van der Waals surface area contributed by atoms with Gasteiger partial charge in [-0.25, -0.2) is 0 Å².